The zero-order valence-corrected chi connectivity index (χ0v) is 20.1. The average Bonchev–Trinajstić information content (AvgIpc) is 3.45. The number of carbonyl (C=O) groups excluding carboxylic acids is 1. The van der Waals surface area contributed by atoms with Crippen LogP contribution >= 0.6 is 11.6 Å². The number of phenols is 1. The lowest BCUT2D eigenvalue weighted by Gasteiger charge is -2.19. The van der Waals surface area contributed by atoms with E-state index in [4.69, 9.17) is 17.3 Å². The van der Waals surface area contributed by atoms with Crippen molar-refractivity contribution in [1.82, 2.24) is 0 Å². The fourth-order valence-corrected chi connectivity index (χ4v) is 5.77. The van der Waals surface area contributed by atoms with Gasteiger partial charge in [0.15, 0.2) is 0 Å². The summed E-state index contributed by atoms with van der Waals surface area (Å²) >= 11 is 6.39. The van der Waals surface area contributed by atoms with Crippen LogP contribution in [-0.2, 0) is 6.42 Å². The number of alkyl halides is 1. The molecule has 0 unspecified atom stereocenters. The van der Waals surface area contributed by atoms with Gasteiger partial charge in [0, 0.05) is 41.0 Å². The van der Waals surface area contributed by atoms with Crippen molar-refractivity contribution in [3.63, 3.8) is 0 Å². The number of hydrogen-bond acceptors (Lipinski definition) is 3. The van der Waals surface area contributed by atoms with Crippen molar-refractivity contribution in [3.05, 3.63) is 100 Å². The lowest BCUT2D eigenvalue weighted by Crippen LogP contribution is -2.30. The van der Waals surface area contributed by atoms with E-state index in [0.29, 0.717) is 18.0 Å². The Kier molecular flexibility index (Phi) is 5.08. The summed E-state index contributed by atoms with van der Waals surface area (Å²) in [6.45, 7) is 2.53. The molecule has 4 nitrogen and oxygen atoms in total. The molecule has 0 saturated carbocycles. The number of phenolic OH excluding ortho intramolecular Hbond substituents is 1. The van der Waals surface area contributed by atoms with Gasteiger partial charge in [-0.1, -0.05) is 42.5 Å². The van der Waals surface area contributed by atoms with E-state index in [-0.39, 0.29) is 17.6 Å². The van der Waals surface area contributed by atoms with Crippen LogP contribution in [0.5, 0.6) is 5.75 Å². The first-order chi connectivity index (χ1) is 16.9. The largest absolute Gasteiger partial charge is 0.507 e. The number of halogens is 1. The molecule has 0 spiro atoms. The standard InChI is InChI=1S/C30H25ClN2O2/c1-17-3-2-4-25-27(34)14-26-29(28(17)25)23(15-31)16-33(26)30(35)20-6-5-19-11-21(13-22(19)12-20)18-7-9-24(32)10-8-18/h2-10,12-14,23,34H,11,15-16,32H2,1H3/t23-/m1/s1. The Morgan fingerprint density at radius 3 is 2.69 bits per heavy atom. The summed E-state index contributed by atoms with van der Waals surface area (Å²) in [7, 11) is 0. The van der Waals surface area contributed by atoms with Gasteiger partial charge in [0.1, 0.15) is 5.75 Å². The number of nitrogens with two attached hydrogens (primary N) is 1. The van der Waals surface area contributed by atoms with Gasteiger partial charge in [-0.25, -0.2) is 0 Å². The van der Waals surface area contributed by atoms with E-state index in [1.807, 2.05) is 67.6 Å². The van der Waals surface area contributed by atoms with Gasteiger partial charge in [-0.2, -0.15) is 0 Å². The SMILES string of the molecule is Cc1cccc2c(O)cc3c(c12)[C@H](CCl)CN3C(=O)c1ccc2c(c1)C=C(c1ccc(N)cc1)C2. The molecule has 4 aromatic carbocycles. The van der Waals surface area contributed by atoms with Crippen molar-refractivity contribution in [3.8, 4) is 5.75 Å². The molecule has 0 bridgehead atoms. The molecular formula is C30H25ClN2O2. The van der Waals surface area contributed by atoms with Gasteiger partial charge in [0.05, 0.1) is 5.69 Å². The molecule has 5 heteroatoms. The maximum absolute atomic E-state index is 13.8. The smallest absolute Gasteiger partial charge is 0.258 e. The number of rotatable bonds is 3. The molecule has 1 aliphatic heterocycles. The van der Waals surface area contributed by atoms with Crippen LogP contribution < -0.4 is 10.6 Å². The van der Waals surface area contributed by atoms with Crippen LogP contribution in [0.15, 0.2) is 66.7 Å². The summed E-state index contributed by atoms with van der Waals surface area (Å²) in [4.78, 5) is 15.5. The summed E-state index contributed by atoms with van der Waals surface area (Å²) in [5.41, 5.74) is 14.7. The molecule has 1 heterocycles. The highest BCUT2D eigenvalue weighted by atomic mass is 35.5. The third kappa shape index (κ3) is 3.48. The number of carbonyl (C=O) groups is 1. The van der Waals surface area contributed by atoms with Gasteiger partial charge in [-0.3, -0.25) is 4.79 Å². The van der Waals surface area contributed by atoms with Crippen molar-refractivity contribution < 1.29 is 9.90 Å². The van der Waals surface area contributed by atoms with Crippen LogP contribution in [0.25, 0.3) is 22.4 Å². The van der Waals surface area contributed by atoms with E-state index in [2.05, 4.69) is 6.08 Å². The number of anilines is 2. The van der Waals surface area contributed by atoms with Gasteiger partial charge < -0.3 is 15.7 Å². The minimum Gasteiger partial charge on any atom is -0.507 e. The maximum Gasteiger partial charge on any atom is 0.258 e. The Bertz CT molecular complexity index is 1540. The van der Waals surface area contributed by atoms with Gasteiger partial charge in [-0.15, -0.1) is 11.6 Å². The Labute approximate surface area is 209 Å². The Balaban J connectivity index is 1.39. The van der Waals surface area contributed by atoms with Crippen LogP contribution in [0.1, 0.15) is 44.1 Å². The highest BCUT2D eigenvalue weighted by molar-refractivity contribution is 6.19. The lowest BCUT2D eigenvalue weighted by atomic mass is 9.92. The molecule has 6 rings (SSSR count). The molecule has 0 fully saturated rings. The van der Waals surface area contributed by atoms with E-state index in [9.17, 15) is 9.90 Å². The average molecular weight is 481 g/mol. The monoisotopic (exact) mass is 480 g/mol. The number of nitrogen functional groups attached to an aromatic ring is 1. The molecule has 0 aromatic heterocycles. The second kappa shape index (κ2) is 8.17. The number of fused-ring (bicyclic) bond motifs is 4. The molecule has 174 valence electrons. The Hall–Kier alpha value is -3.76. The highest BCUT2D eigenvalue weighted by Crippen LogP contribution is 2.46. The van der Waals surface area contributed by atoms with Crippen LogP contribution in [0, 0.1) is 6.92 Å². The fraction of sp³-hybridized carbons (Fsp3) is 0.167. The molecule has 3 N–H and O–H groups in total. The van der Waals surface area contributed by atoms with Crippen LogP contribution in [0.2, 0.25) is 0 Å². The fourth-order valence-electron chi connectivity index (χ4n) is 5.52. The van der Waals surface area contributed by atoms with Gasteiger partial charge in [0.2, 0.25) is 0 Å². The number of allylic oxidation sites excluding steroid dienone is 1. The molecule has 4 aromatic rings. The first-order valence-corrected chi connectivity index (χ1v) is 12.3. The predicted molar refractivity (Wildman–Crippen MR) is 144 cm³/mol. The number of benzene rings is 4. The number of aryl methyl sites for hydroxylation is 1. The number of aromatic hydroxyl groups is 1. The Morgan fingerprint density at radius 2 is 1.91 bits per heavy atom. The Morgan fingerprint density at radius 1 is 1.11 bits per heavy atom. The molecule has 35 heavy (non-hydrogen) atoms. The molecule has 2 aliphatic rings. The molecule has 0 radical (unpaired) electrons. The van der Waals surface area contributed by atoms with Crippen molar-refractivity contribution >= 4 is 51.3 Å². The molecular weight excluding hydrogens is 456 g/mol. The number of nitrogens with zero attached hydrogens (tertiary/aromatic N) is 1. The van der Waals surface area contributed by atoms with Crippen molar-refractivity contribution in [2.24, 2.45) is 0 Å². The topological polar surface area (TPSA) is 66.6 Å². The minimum atomic E-state index is -0.0802. The third-order valence-electron chi connectivity index (χ3n) is 7.29. The summed E-state index contributed by atoms with van der Waals surface area (Å²) in [5.74, 6) is 0.512. The second-order valence-electron chi connectivity index (χ2n) is 9.47. The van der Waals surface area contributed by atoms with Crippen LogP contribution in [-0.4, -0.2) is 23.4 Å². The van der Waals surface area contributed by atoms with E-state index < -0.39 is 0 Å². The molecule has 1 amide bonds. The summed E-state index contributed by atoms with van der Waals surface area (Å²) in [6.07, 6.45) is 2.98. The van der Waals surface area contributed by atoms with Crippen molar-refractivity contribution in [1.29, 1.82) is 0 Å². The van der Waals surface area contributed by atoms with E-state index in [1.54, 1.807) is 11.0 Å². The predicted octanol–water partition coefficient (Wildman–Crippen LogP) is 6.52. The van der Waals surface area contributed by atoms with Crippen molar-refractivity contribution in [2.45, 2.75) is 19.3 Å². The quantitative estimate of drug-likeness (QED) is 0.259. The van der Waals surface area contributed by atoms with Crippen molar-refractivity contribution in [2.75, 3.05) is 23.1 Å². The first-order valence-electron chi connectivity index (χ1n) is 11.8. The maximum atomic E-state index is 13.8. The van der Waals surface area contributed by atoms with E-state index in [1.165, 1.54) is 11.1 Å². The van der Waals surface area contributed by atoms with E-state index >= 15 is 0 Å². The van der Waals surface area contributed by atoms with Crippen LogP contribution in [0.3, 0.4) is 0 Å². The lowest BCUT2D eigenvalue weighted by molar-refractivity contribution is 0.0988. The molecule has 1 aliphatic carbocycles. The highest BCUT2D eigenvalue weighted by Gasteiger charge is 2.35. The van der Waals surface area contributed by atoms with E-state index in [0.717, 1.165) is 50.8 Å². The van der Waals surface area contributed by atoms with Gasteiger partial charge in [0.25, 0.3) is 5.91 Å². The third-order valence-corrected chi connectivity index (χ3v) is 7.66. The second-order valence-corrected chi connectivity index (χ2v) is 9.78. The van der Waals surface area contributed by atoms with Crippen LogP contribution in [0.4, 0.5) is 11.4 Å². The van der Waals surface area contributed by atoms with Gasteiger partial charge >= 0.3 is 0 Å². The van der Waals surface area contributed by atoms with Gasteiger partial charge in [-0.05, 0) is 76.4 Å². The first kappa shape index (κ1) is 21.8. The minimum absolute atomic E-state index is 0.00580. The summed E-state index contributed by atoms with van der Waals surface area (Å²) < 4.78 is 0. The summed E-state index contributed by atoms with van der Waals surface area (Å²) in [5, 5.41) is 12.6. The number of amides is 1. The number of hydrogen-bond donors (Lipinski definition) is 2. The zero-order chi connectivity index (χ0) is 24.3. The molecule has 1 atom stereocenters. The zero-order valence-electron chi connectivity index (χ0n) is 19.4. The normalized spacial score (nSPS) is 16.3. The molecule has 0 saturated heterocycles. The summed E-state index contributed by atoms with van der Waals surface area (Å²) in [6, 6.07) is 21.4.